The van der Waals surface area contributed by atoms with E-state index >= 15 is 0 Å². The molecule has 15 heavy (non-hydrogen) atoms. The number of hydrogen-bond donors (Lipinski definition) is 1. The van der Waals surface area contributed by atoms with Crippen LogP contribution in [0.4, 0.5) is 0 Å². The van der Waals surface area contributed by atoms with Crippen molar-refractivity contribution in [3.63, 3.8) is 0 Å². The van der Waals surface area contributed by atoms with Gasteiger partial charge in [0.15, 0.2) is 0 Å². The van der Waals surface area contributed by atoms with Crippen molar-refractivity contribution in [2.75, 3.05) is 6.54 Å². The van der Waals surface area contributed by atoms with Crippen molar-refractivity contribution in [1.82, 2.24) is 10.3 Å². The molecule has 1 unspecified atom stereocenters. The first-order chi connectivity index (χ1) is 7.16. The van der Waals surface area contributed by atoms with Gasteiger partial charge < -0.3 is 5.32 Å². The van der Waals surface area contributed by atoms with Gasteiger partial charge in [0.1, 0.15) is 5.38 Å². The Kier molecular flexibility index (Phi) is 4.56. The van der Waals surface area contributed by atoms with Crippen molar-refractivity contribution in [3.8, 4) is 0 Å². The molecule has 0 aliphatic rings. The van der Waals surface area contributed by atoms with Crippen LogP contribution in [0, 0.1) is 6.92 Å². The maximum Gasteiger partial charge on any atom is 0.242 e. The Balaban J connectivity index is 2.72. The maximum absolute atomic E-state index is 11.6. The summed E-state index contributed by atoms with van der Waals surface area (Å²) in [5, 5.41) is 2.11. The Morgan fingerprint density at radius 1 is 1.67 bits per heavy atom. The zero-order chi connectivity index (χ0) is 11.3. The third kappa shape index (κ3) is 3.20. The third-order valence-electron chi connectivity index (χ3n) is 2.13. The monoisotopic (exact) mass is 226 g/mol. The van der Waals surface area contributed by atoms with E-state index in [0.29, 0.717) is 6.54 Å². The largest absolute Gasteiger partial charge is 0.355 e. The van der Waals surface area contributed by atoms with Crippen LogP contribution in [0.25, 0.3) is 0 Å². The van der Waals surface area contributed by atoms with Crippen LogP contribution >= 0.6 is 11.6 Å². The number of halogens is 1. The van der Waals surface area contributed by atoms with E-state index in [1.165, 1.54) is 0 Å². The predicted molar refractivity (Wildman–Crippen MR) is 60.9 cm³/mol. The summed E-state index contributed by atoms with van der Waals surface area (Å²) in [7, 11) is 0. The third-order valence-corrected chi connectivity index (χ3v) is 2.57. The molecule has 4 heteroatoms. The van der Waals surface area contributed by atoms with Crippen LogP contribution in [-0.2, 0) is 4.79 Å². The average Bonchev–Trinajstić information content (AvgIpc) is 2.25. The number of hydrogen-bond acceptors (Lipinski definition) is 2. The molecule has 1 aromatic rings. The van der Waals surface area contributed by atoms with E-state index < -0.39 is 5.38 Å². The highest BCUT2D eigenvalue weighted by Crippen LogP contribution is 2.22. The SMILES string of the molecule is CCCNC(=O)C(Cl)c1cnccc1C. The molecule has 0 fully saturated rings. The lowest BCUT2D eigenvalue weighted by molar-refractivity contribution is -0.120. The molecule has 0 aliphatic heterocycles. The van der Waals surface area contributed by atoms with Gasteiger partial charge in [-0.2, -0.15) is 0 Å². The normalized spacial score (nSPS) is 12.2. The van der Waals surface area contributed by atoms with Crippen LogP contribution in [0.5, 0.6) is 0 Å². The molecular formula is C11H15ClN2O. The second-order valence-corrected chi connectivity index (χ2v) is 3.82. The Bertz CT molecular complexity index is 341. The highest BCUT2D eigenvalue weighted by atomic mass is 35.5. The van der Waals surface area contributed by atoms with E-state index in [0.717, 1.165) is 17.5 Å². The first kappa shape index (κ1) is 12.0. The second kappa shape index (κ2) is 5.71. The van der Waals surface area contributed by atoms with Gasteiger partial charge in [0, 0.05) is 24.5 Å². The number of rotatable bonds is 4. The van der Waals surface area contributed by atoms with Crippen LogP contribution < -0.4 is 5.32 Å². The molecule has 82 valence electrons. The minimum Gasteiger partial charge on any atom is -0.355 e. The van der Waals surface area contributed by atoms with Crippen molar-refractivity contribution < 1.29 is 4.79 Å². The first-order valence-electron chi connectivity index (χ1n) is 4.99. The molecule has 1 rings (SSSR count). The number of aromatic nitrogens is 1. The number of nitrogens with zero attached hydrogens (tertiary/aromatic N) is 1. The molecule has 0 saturated heterocycles. The number of pyridine rings is 1. The van der Waals surface area contributed by atoms with Crippen molar-refractivity contribution in [2.45, 2.75) is 25.6 Å². The fraction of sp³-hybridized carbons (Fsp3) is 0.455. The van der Waals surface area contributed by atoms with E-state index in [2.05, 4.69) is 10.3 Å². The molecule has 1 heterocycles. The van der Waals surface area contributed by atoms with Crippen molar-refractivity contribution in [3.05, 3.63) is 29.6 Å². The lowest BCUT2D eigenvalue weighted by Gasteiger charge is -2.11. The summed E-state index contributed by atoms with van der Waals surface area (Å²) in [4.78, 5) is 15.5. The van der Waals surface area contributed by atoms with E-state index in [4.69, 9.17) is 11.6 Å². The van der Waals surface area contributed by atoms with Gasteiger partial charge in [-0.15, -0.1) is 11.6 Å². The Hall–Kier alpha value is -1.09. The smallest absolute Gasteiger partial charge is 0.242 e. The van der Waals surface area contributed by atoms with Gasteiger partial charge in [-0.1, -0.05) is 6.92 Å². The van der Waals surface area contributed by atoms with Crippen molar-refractivity contribution in [1.29, 1.82) is 0 Å². The molecule has 1 aromatic heterocycles. The summed E-state index contributed by atoms with van der Waals surface area (Å²) in [6, 6.07) is 1.85. The fourth-order valence-electron chi connectivity index (χ4n) is 1.22. The molecule has 0 spiro atoms. The standard InChI is InChI=1S/C11H15ClN2O/c1-3-5-14-11(15)10(12)9-7-13-6-4-8(9)2/h4,6-7,10H,3,5H2,1-2H3,(H,14,15). The molecule has 0 aliphatic carbocycles. The molecule has 0 saturated carbocycles. The van der Waals surface area contributed by atoms with Crippen LogP contribution in [0.2, 0.25) is 0 Å². The summed E-state index contributed by atoms with van der Waals surface area (Å²) in [6.45, 7) is 4.57. The van der Waals surface area contributed by atoms with Crippen LogP contribution in [0.3, 0.4) is 0 Å². The Labute approximate surface area is 94.9 Å². The minimum absolute atomic E-state index is 0.158. The molecule has 0 bridgehead atoms. The molecule has 1 amide bonds. The topological polar surface area (TPSA) is 42.0 Å². The quantitative estimate of drug-likeness (QED) is 0.800. The van der Waals surface area contributed by atoms with Gasteiger partial charge in [0.2, 0.25) is 5.91 Å². The predicted octanol–water partition coefficient (Wildman–Crippen LogP) is 2.20. The first-order valence-corrected chi connectivity index (χ1v) is 5.42. The summed E-state index contributed by atoms with van der Waals surface area (Å²) in [5.41, 5.74) is 1.75. The number of carbonyl (C=O) groups is 1. The van der Waals surface area contributed by atoms with Gasteiger partial charge in [-0.05, 0) is 25.0 Å². The van der Waals surface area contributed by atoms with Crippen LogP contribution in [-0.4, -0.2) is 17.4 Å². The Morgan fingerprint density at radius 2 is 2.40 bits per heavy atom. The highest BCUT2D eigenvalue weighted by Gasteiger charge is 2.18. The molecular weight excluding hydrogens is 212 g/mol. The van der Waals surface area contributed by atoms with Crippen LogP contribution in [0.15, 0.2) is 18.5 Å². The van der Waals surface area contributed by atoms with Gasteiger partial charge in [-0.25, -0.2) is 0 Å². The maximum atomic E-state index is 11.6. The van der Waals surface area contributed by atoms with Crippen molar-refractivity contribution in [2.24, 2.45) is 0 Å². The van der Waals surface area contributed by atoms with Gasteiger partial charge in [0.25, 0.3) is 0 Å². The van der Waals surface area contributed by atoms with Gasteiger partial charge in [-0.3, -0.25) is 9.78 Å². The summed E-state index contributed by atoms with van der Waals surface area (Å²) in [5.74, 6) is -0.158. The number of amides is 1. The average molecular weight is 227 g/mol. The van der Waals surface area contributed by atoms with E-state index in [9.17, 15) is 4.79 Å². The van der Waals surface area contributed by atoms with E-state index in [-0.39, 0.29) is 5.91 Å². The molecule has 3 nitrogen and oxygen atoms in total. The minimum atomic E-state index is -0.648. The van der Waals surface area contributed by atoms with Gasteiger partial charge in [0.05, 0.1) is 0 Å². The Morgan fingerprint density at radius 3 is 3.00 bits per heavy atom. The zero-order valence-electron chi connectivity index (χ0n) is 8.96. The summed E-state index contributed by atoms with van der Waals surface area (Å²) in [6.07, 6.45) is 4.23. The van der Waals surface area contributed by atoms with Crippen molar-refractivity contribution >= 4 is 17.5 Å². The summed E-state index contributed by atoms with van der Waals surface area (Å²) < 4.78 is 0. The van der Waals surface area contributed by atoms with Crippen LogP contribution in [0.1, 0.15) is 29.8 Å². The summed E-state index contributed by atoms with van der Waals surface area (Å²) >= 11 is 6.05. The fourth-order valence-corrected chi connectivity index (χ4v) is 1.53. The number of alkyl halides is 1. The van der Waals surface area contributed by atoms with E-state index in [1.807, 2.05) is 19.9 Å². The number of aryl methyl sites for hydroxylation is 1. The zero-order valence-corrected chi connectivity index (χ0v) is 9.71. The molecule has 0 aromatic carbocycles. The second-order valence-electron chi connectivity index (χ2n) is 3.39. The lowest BCUT2D eigenvalue weighted by atomic mass is 10.1. The highest BCUT2D eigenvalue weighted by molar-refractivity contribution is 6.30. The number of nitrogens with one attached hydrogen (secondary N) is 1. The van der Waals surface area contributed by atoms with E-state index in [1.54, 1.807) is 12.4 Å². The van der Waals surface area contributed by atoms with Gasteiger partial charge >= 0.3 is 0 Å². The lowest BCUT2D eigenvalue weighted by Crippen LogP contribution is -2.27. The molecule has 1 N–H and O–H groups in total. The molecule has 1 atom stereocenters. The molecule has 0 radical (unpaired) electrons. The number of carbonyl (C=O) groups excluding carboxylic acids is 1.